The molecule has 1 saturated heterocycles. The van der Waals surface area contributed by atoms with Crippen molar-refractivity contribution in [1.29, 1.82) is 0 Å². The molecule has 2 N–H and O–H groups in total. The Balaban J connectivity index is 2.20. The van der Waals surface area contributed by atoms with Gasteiger partial charge in [0.2, 0.25) is 11.8 Å². The van der Waals surface area contributed by atoms with Gasteiger partial charge in [0.1, 0.15) is 6.54 Å². The van der Waals surface area contributed by atoms with Gasteiger partial charge in [0.05, 0.1) is 17.5 Å². The van der Waals surface area contributed by atoms with Crippen molar-refractivity contribution in [2.45, 2.75) is 24.0 Å². The lowest BCUT2D eigenvalue weighted by Crippen LogP contribution is -2.31. The normalized spacial score (nSPS) is 16.0. The minimum atomic E-state index is -0.430. The molecule has 1 atom stereocenters. The summed E-state index contributed by atoms with van der Waals surface area (Å²) in [6, 6.07) is 7.06. The Hall–Kier alpha value is -2.02. The quantitative estimate of drug-likeness (QED) is 0.817. The molecule has 3 amide bonds. The number of likely N-dealkylation sites (N-methyl/N-ethyl adjacent to an activating group) is 1. The molecular formula is C15H19N3O3S. The zero-order valence-corrected chi connectivity index (χ0v) is 13.4. The van der Waals surface area contributed by atoms with E-state index in [0.717, 1.165) is 0 Å². The van der Waals surface area contributed by atoms with E-state index >= 15 is 0 Å². The van der Waals surface area contributed by atoms with Crippen LogP contribution in [0.3, 0.4) is 0 Å². The van der Waals surface area contributed by atoms with Gasteiger partial charge >= 0.3 is 0 Å². The maximum Gasteiger partial charge on any atom is 0.256 e. The van der Waals surface area contributed by atoms with Crippen LogP contribution in [0.15, 0.2) is 29.2 Å². The standard InChI is InChI=1S/C15H19N3O3S/c1-3-17-9-18(8-13(17)19)15(21)11-6-4-5-7-12(11)22-10(2)14(16)20/h4-7,10H,3,8-9H2,1-2H3,(H2,16,20)/t10-/m1/s1. The maximum atomic E-state index is 12.6. The molecule has 2 rings (SSSR count). The Bertz CT molecular complexity index is 605. The van der Waals surface area contributed by atoms with E-state index < -0.39 is 11.2 Å². The Morgan fingerprint density at radius 1 is 1.36 bits per heavy atom. The fourth-order valence-electron chi connectivity index (χ4n) is 2.18. The Labute approximate surface area is 133 Å². The summed E-state index contributed by atoms with van der Waals surface area (Å²) in [5.74, 6) is -0.684. The number of thioether (sulfide) groups is 1. The minimum absolute atomic E-state index is 0.0495. The van der Waals surface area contributed by atoms with E-state index in [4.69, 9.17) is 5.73 Å². The molecule has 1 fully saturated rings. The first kappa shape index (κ1) is 16.4. The first-order valence-corrected chi connectivity index (χ1v) is 7.94. The third-order valence-corrected chi connectivity index (χ3v) is 4.71. The van der Waals surface area contributed by atoms with Crippen LogP contribution < -0.4 is 5.73 Å². The topological polar surface area (TPSA) is 83.7 Å². The second kappa shape index (κ2) is 6.83. The first-order valence-electron chi connectivity index (χ1n) is 7.06. The fourth-order valence-corrected chi connectivity index (χ4v) is 3.11. The average molecular weight is 321 g/mol. The van der Waals surface area contributed by atoms with Gasteiger partial charge in [0.25, 0.3) is 5.91 Å². The number of carbonyl (C=O) groups is 3. The van der Waals surface area contributed by atoms with Gasteiger partial charge in [-0.2, -0.15) is 0 Å². The maximum absolute atomic E-state index is 12.6. The van der Waals surface area contributed by atoms with E-state index in [1.165, 1.54) is 16.7 Å². The zero-order valence-electron chi connectivity index (χ0n) is 12.6. The van der Waals surface area contributed by atoms with Crippen molar-refractivity contribution in [3.63, 3.8) is 0 Å². The molecule has 1 aliphatic heterocycles. The number of amides is 3. The van der Waals surface area contributed by atoms with Gasteiger partial charge in [-0.15, -0.1) is 11.8 Å². The summed E-state index contributed by atoms with van der Waals surface area (Å²) in [5.41, 5.74) is 5.77. The van der Waals surface area contributed by atoms with Crippen LogP contribution in [0.25, 0.3) is 0 Å². The van der Waals surface area contributed by atoms with E-state index in [1.807, 2.05) is 6.92 Å². The van der Waals surface area contributed by atoms with Crippen molar-refractivity contribution in [2.75, 3.05) is 19.8 Å². The number of benzene rings is 1. The summed E-state index contributed by atoms with van der Waals surface area (Å²) in [7, 11) is 0. The van der Waals surface area contributed by atoms with E-state index in [0.29, 0.717) is 23.7 Å². The highest BCUT2D eigenvalue weighted by Gasteiger charge is 2.31. The number of primary amides is 1. The third kappa shape index (κ3) is 3.41. The van der Waals surface area contributed by atoms with E-state index in [-0.39, 0.29) is 18.4 Å². The predicted molar refractivity (Wildman–Crippen MR) is 84.2 cm³/mol. The third-order valence-electron chi connectivity index (χ3n) is 3.51. The highest BCUT2D eigenvalue weighted by Crippen LogP contribution is 2.28. The van der Waals surface area contributed by atoms with Gasteiger partial charge in [-0.05, 0) is 26.0 Å². The summed E-state index contributed by atoms with van der Waals surface area (Å²) >= 11 is 1.25. The highest BCUT2D eigenvalue weighted by atomic mass is 32.2. The number of hydrogen-bond donors (Lipinski definition) is 1. The van der Waals surface area contributed by atoms with Crippen LogP contribution >= 0.6 is 11.8 Å². The van der Waals surface area contributed by atoms with E-state index in [9.17, 15) is 14.4 Å². The number of rotatable bonds is 5. The van der Waals surface area contributed by atoms with Crippen molar-refractivity contribution < 1.29 is 14.4 Å². The summed E-state index contributed by atoms with van der Waals surface area (Å²) in [6.45, 7) is 4.56. The van der Waals surface area contributed by atoms with Crippen molar-refractivity contribution in [3.8, 4) is 0 Å². The molecule has 0 unspecified atom stereocenters. The van der Waals surface area contributed by atoms with Crippen LogP contribution in [0.2, 0.25) is 0 Å². The molecule has 1 aliphatic rings. The second-order valence-corrected chi connectivity index (χ2v) is 6.44. The summed E-state index contributed by atoms with van der Waals surface area (Å²) in [4.78, 5) is 39.5. The molecule has 0 spiro atoms. The second-order valence-electron chi connectivity index (χ2n) is 5.05. The Kier molecular flexibility index (Phi) is 5.07. The van der Waals surface area contributed by atoms with Crippen LogP contribution in [0.1, 0.15) is 24.2 Å². The Morgan fingerprint density at radius 3 is 2.64 bits per heavy atom. The number of carbonyl (C=O) groups excluding carboxylic acids is 3. The van der Waals surface area contributed by atoms with Crippen LogP contribution in [-0.4, -0.2) is 52.5 Å². The van der Waals surface area contributed by atoms with Crippen molar-refractivity contribution in [2.24, 2.45) is 5.73 Å². The molecular weight excluding hydrogens is 302 g/mol. The number of nitrogens with two attached hydrogens (primary N) is 1. The molecule has 0 radical (unpaired) electrons. The molecule has 0 aliphatic carbocycles. The van der Waals surface area contributed by atoms with Crippen LogP contribution in [0.5, 0.6) is 0 Å². The molecule has 1 heterocycles. The van der Waals surface area contributed by atoms with Gasteiger partial charge in [-0.3, -0.25) is 14.4 Å². The first-order chi connectivity index (χ1) is 10.4. The molecule has 1 aromatic carbocycles. The lowest BCUT2D eigenvalue weighted by Gasteiger charge is -2.18. The number of nitrogens with zero attached hydrogens (tertiary/aromatic N) is 2. The van der Waals surface area contributed by atoms with Crippen molar-refractivity contribution >= 4 is 29.5 Å². The molecule has 7 heteroatoms. The molecule has 118 valence electrons. The smallest absolute Gasteiger partial charge is 0.256 e. The van der Waals surface area contributed by atoms with Gasteiger partial charge in [-0.1, -0.05) is 12.1 Å². The van der Waals surface area contributed by atoms with Gasteiger partial charge in [0.15, 0.2) is 0 Å². The largest absolute Gasteiger partial charge is 0.369 e. The predicted octanol–water partition coefficient (Wildman–Crippen LogP) is 0.914. The van der Waals surface area contributed by atoms with E-state index in [1.54, 1.807) is 36.1 Å². The van der Waals surface area contributed by atoms with Crippen LogP contribution in [0.4, 0.5) is 0 Å². The molecule has 6 nitrogen and oxygen atoms in total. The average Bonchev–Trinajstić information content (AvgIpc) is 2.88. The highest BCUT2D eigenvalue weighted by molar-refractivity contribution is 8.00. The lowest BCUT2D eigenvalue weighted by molar-refractivity contribution is -0.126. The minimum Gasteiger partial charge on any atom is -0.369 e. The van der Waals surface area contributed by atoms with Crippen molar-refractivity contribution in [3.05, 3.63) is 29.8 Å². The lowest BCUT2D eigenvalue weighted by atomic mass is 10.2. The zero-order chi connectivity index (χ0) is 16.3. The Morgan fingerprint density at radius 2 is 2.05 bits per heavy atom. The molecule has 0 aromatic heterocycles. The van der Waals surface area contributed by atoms with Crippen LogP contribution in [-0.2, 0) is 9.59 Å². The number of hydrogen-bond acceptors (Lipinski definition) is 4. The summed E-state index contributed by atoms with van der Waals surface area (Å²) in [5, 5.41) is -0.429. The van der Waals surface area contributed by atoms with E-state index in [2.05, 4.69) is 0 Å². The van der Waals surface area contributed by atoms with Crippen LogP contribution in [0, 0.1) is 0 Å². The van der Waals surface area contributed by atoms with Crippen molar-refractivity contribution in [1.82, 2.24) is 9.80 Å². The molecule has 0 bridgehead atoms. The molecule has 0 saturated carbocycles. The molecule has 22 heavy (non-hydrogen) atoms. The summed E-state index contributed by atoms with van der Waals surface area (Å²) < 4.78 is 0. The monoisotopic (exact) mass is 321 g/mol. The summed E-state index contributed by atoms with van der Waals surface area (Å²) in [6.07, 6.45) is 0. The van der Waals surface area contributed by atoms with Gasteiger partial charge in [0, 0.05) is 11.4 Å². The van der Waals surface area contributed by atoms with Gasteiger partial charge < -0.3 is 15.5 Å². The fraction of sp³-hybridized carbons (Fsp3) is 0.400. The SMILES string of the molecule is CCN1CN(C(=O)c2ccccc2S[C@H](C)C(N)=O)CC1=O. The van der Waals surface area contributed by atoms with Gasteiger partial charge in [-0.25, -0.2) is 0 Å². The molecule has 1 aromatic rings.